The molecule has 1 N–H and O–H groups in total. The van der Waals surface area contributed by atoms with Gasteiger partial charge in [-0.1, -0.05) is 0 Å². The van der Waals surface area contributed by atoms with E-state index < -0.39 is 0 Å². The van der Waals surface area contributed by atoms with Crippen LogP contribution in [0, 0.1) is 5.82 Å². The summed E-state index contributed by atoms with van der Waals surface area (Å²) in [6, 6.07) is 4.52. The van der Waals surface area contributed by atoms with Crippen LogP contribution < -0.4 is 10.1 Å². The summed E-state index contributed by atoms with van der Waals surface area (Å²) in [5.74, 6) is 0.348. The fourth-order valence-corrected chi connectivity index (χ4v) is 1.45. The van der Waals surface area contributed by atoms with Gasteiger partial charge in [0.2, 0.25) is 5.91 Å². The molecule has 1 rings (SSSR count). The van der Waals surface area contributed by atoms with Gasteiger partial charge < -0.3 is 15.0 Å². The number of nitrogens with one attached hydrogen (secondary N) is 1. The number of anilines is 1. The van der Waals surface area contributed by atoms with Crippen LogP contribution in [0.15, 0.2) is 18.2 Å². The second-order valence-electron chi connectivity index (χ2n) is 4.16. The van der Waals surface area contributed by atoms with Gasteiger partial charge in [-0.3, -0.25) is 4.79 Å². The highest BCUT2D eigenvalue weighted by atomic mass is 19.1. The van der Waals surface area contributed by atoms with Gasteiger partial charge in [0, 0.05) is 33.1 Å². The van der Waals surface area contributed by atoms with Crippen LogP contribution in [-0.4, -0.2) is 38.6 Å². The zero-order valence-electron chi connectivity index (χ0n) is 11.0. The van der Waals surface area contributed by atoms with Crippen LogP contribution in [0.2, 0.25) is 0 Å². The molecule has 0 aliphatic carbocycles. The van der Waals surface area contributed by atoms with Crippen LogP contribution in [0.5, 0.6) is 5.75 Å². The molecule has 5 heteroatoms. The van der Waals surface area contributed by atoms with Gasteiger partial charge in [0.1, 0.15) is 11.6 Å². The summed E-state index contributed by atoms with van der Waals surface area (Å²) in [6.45, 7) is 0.545. The van der Waals surface area contributed by atoms with Gasteiger partial charge in [0.15, 0.2) is 0 Å². The first-order chi connectivity index (χ1) is 8.54. The van der Waals surface area contributed by atoms with Crippen LogP contribution in [0.25, 0.3) is 0 Å². The Labute approximate surface area is 107 Å². The van der Waals surface area contributed by atoms with E-state index in [1.165, 1.54) is 13.2 Å². The summed E-state index contributed by atoms with van der Waals surface area (Å²) >= 11 is 0. The lowest BCUT2D eigenvalue weighted by Crippen LogP contribution is -2.22. The van der Waals surface area contributed by atoms with Crippen molar-refractivity contribution in [2.24, 2.45) is 0 Å². The third-order valence-corrected chi connectivity index (χ3v) is 2.56. The molecule has 18 heavy (non-hydrogen) atoms. The van der Waals surface area contributed by atoms with Crippen molar-refractivity contribution in [3.8, 4) is 5.75 Å². The number of carbonyl (C=O) groups is 1. The van der Waals surface area contributed by atoms with Gasteiger partial charge in [0.25, 0.3) is 0 Å². The zero-order valence-corrected chi connectivity index (χ0v) is 11.0. The van der Waals surface area contributed by atoms with E-state index in [9.17, 15) is 9.18 Å². The lowest BCUT2D eigenvalue weighted by Gasteiger charge is -2.11. The maximum Gasteiger partial charge on any atom is 0.222 e. The number of nitrogens with zero attached hydrogens (tertiary/aromatic N) is 1. The Morgan fingerprint density at radius 2 is 2.17 bits per heavy atom. The molecule has 0 unspecified atom stereocenters. The molecular weight excluding hydrogens is 235 g/mol. The maximum atomic E-state index is 13.4. The smallest absolute Gasteiger partial charge is 0.222 e. The minimum atomic E-state index is -0.324. The molecule has 0 bridgehead atoms. The van der Waals surface area contributed by atoms with Crippen LogP contribution in [0.1, 0.15) is 12.8 Å². The molecule has 0 fully saturated rings. The Balaban J connectivity index is 2.41. The summed E-state index contributed by atoms with van der Waals surface area (Å²) in [7, 11) is 4.97. The molecule has 0 heterocycles. The summed E-state index contributed by atoms with van der Waals surface area (Å²) in [4.78, 5) is 12.9. The molecule has 1 amide bonds. The molecule has 0 saturated carbocycles. The largest absolute Gasteiger partial charge is 0.497 e. The number of ether oxygens (including phenoxy) is 1. The molecular formula is C13H19FN2O2. The molecule has 1 aromatic carbocycles. The summed E-state index contributed by atoms with van der Waals surface area (Å²) in [5.41, 5.74) is 0.395. The Morgan fingerprint density at radius 3 is 2.78 bits per heavy atom. The lowest BCUT2D eigenvalue weighted by molar-refractivity contribution is -0.128. The molecule has 100 valence electrons. The normalized spacial score (nSPS) is 10.0. The summed E-state index contributed by atoms with van der Waals surface area (Å²) in [6.07, 6.45) is 1.11. The zero-order chi connectivity index (χ0) is 13.5. The highest BCUT2D eigenvalue weighted by Crippen LogP contribution is 2.20. The predicted octanol–water partition coefficient (Wildman–Crippen LogP) is 2.11. The van der Waals surface area contributed by atoms with E-state index in [4.69, 9.17) is 4.74 Å². The van der Waals surface area contributed by atoms with Crippen molar-refractivity contribution < 1.29 is 13.9 Å². The van der Waals surface area contributed by atoms with Crippen LogP contribution in [-0.2, 0) is 4.79 Å². The van der Waals surface area contributed by atoms with E-state index in [-0.39, 0.29) is 11.7 Å². The Hall–Kier alpha value is -1.78. The molecule has 1 aromatic rings. The van der Waals surface area contributed by atoms with Crippen LogP contribution in [0.3, 0.4) is 0 Å². The molecule has 0 aliphatic heterocycles. The summed E-state index contributed by atoms with van der Waals surface area (Å²) in [5, 5.41) is 2.96. The molecule has 0 atom stereocenters. The van der Waals surface area contributed by atoms with Crippen molar-refractivity contribution in [3.05, 3.63) is 24.0 Å². The van der Waals surface area contributed by atoms with E-state index in [2.05, 4.69) is 5.32 Å². The van der Waals surface area contributed by atoms with E-state index in [1.807, 2.05) is 0 Å². The SMILES string of the molecule is COc1ccc(F)c(NCCCC(=O)N(C)C)c1. The number of hydrogen-bond acceptors (Lipinski definition) is 3. The van der Waals surface area contributed by atoms with Crippen molar-refractivity contribution in [2.75, 3.05) is 33.1 Å². The van der Waals surface area contributed by atoms with E-state index in [1.54, 1.807) is 31.1 Å². The number of amides is 1. The fourth-order valence-electron chi connectivity index (χ4n) is 1.45. The third-order valence-electron chi connectivity index (χ3n) is 2.56. The first-order valence-electron chi connectivity index (χ1n) is 5.82. The Bertz CT molecular complexity index is 408. The van der Waals surface area contributed by atoms with Crippen molar-refractivity contribution in [3.63, 3.8) is 0 Å². The number of rotatable bonds is 6. The second-order valence-corrected chi connectivity index (χ2v) is 4.16. The van der Waals surface area contributed by atoms with Gasteiger partial charge >= 0.3 is 0 Å². The number of halogens is 1. The minimum Gasteiger partial charge on any atom is -0.497 e. The maximum absolute atomic E-state index is 13.4. The van der Waals surface area contributed by atoms with Crippen molar-refractivity contribution in [1.82, 2.24) is 4.90 Å². The number of methoxy groups -OCH3 is 1. The van der Waals surface area contributed by atoms with Crippen molar-refractivity contribution in [2.45, 2.75) is 12.8 Å². The van der Waals surface area contributed by atoms with Crippen molar-refractivity contribution in [1.29, 1.82) is 0 Å². The third kappa shape index (κ3) is 4.24. The quantitative estimate of drug-likeness (QED) is 0.791. The molecule has 0 spiro atoms. The average molecular weight is 254 g/mol. The Morgan fingerprint density at radius 1 is 1.44 bits per heavy atom. The van der Waals surface area contributed by atoms with Gasteiger partial charge in [-0.05, 0) is 18.6 Å². The number of carbonyl (C=O) groups excluding carboxylic acids is 1. The fraction of sp³-hybridized carbons (Fsp3) is 0.462. The van der Waals surface area contributed by atoms with Gasteiger partial charge in [-0.2, -0.15) is 0 Å². The van der Waals surface area contributed by atoms with Gasteiger partial charge in [0.05, 0.1) is 12.8 Å². The minimum absolute atomic E-state index is 0.0721. The molecule has 0 saturated heterocycles. The molecule has 4 nitrogen and oxygen atoms in total. The molecule has 0 radical (unpaired) electrons. The first-order valence-corrected chi connectivity index (χ1v) is 5.82. The average Bonchev–Trinajstić information content (AvgIpc) is 2.36. The lowest BCUT2D eigenvalue weighted by atomic mass is 10.2. The highest BCUT2D eigenvalue weighted by Gasteiger charge is 2.05. The standard InChI is InChI=1S/C13H19FN2O2/c1-16(2)13(17)5-4-8-15-12-9-10(18-3)6-7-11(12)14/h6-7,9,15H,4-5,8H2,1-3H3. The van der Waals surface area contributed by atoms with Crippen LogP contribution in [0.4, 0.5) is 10.1 Å². The van der Waals surface area contributed by atoms with E-state index in [0.29, 0.717) is 30.8 Å². The van der Waals surface area contributed by atoms with E-state index >= 15 is 0 Å². The molecule has 0 aliphatic rings. The second kappa shape index (κ2) is 6.83. The predicted molar refractivity (Wildman–Crippen MR) is 69.4 cm³/mol. The monoisotopic (exact) mass is 254 g/mol. The van der Waals surface area contributed by atoms with Crippen LogP contribution >= 0.6 is 0 Å². The Kier molecular flexibility index (Phi) is 5.42. The van der Waals surface area contributed by atoms with Crippen molar-refractivity contribution >= 4 is 11.6 Å². The summed E-state index contributed by atoms with van der Waals surface area (Å²) < 4.78 is 18.4. The highest BCUT2D eigenvalue weighted by molar-refractivity contribution is 5.75. The first kappa shape index (κ1) is 14.3. The van der Waals surface area contributed by atoms with Gasteiger partial charge in [-0.25, -0.2) is 4.39 Å². The van der Waals surface area contributed by atoms with E-state index in [0.717, 1.165) is 0 Å². The molecule has 0 aromatic heterocycles. The number of benzene rings is 1. The number of hydrogen-bond donors (Lipinski definition) is 1. The van der Waals surface area contributed by atoms with Gasteiger partial charge in [-0.15, -0.1) is 0 Å². The topological polar surface area (TPSA) is 41.6 Å².